The van der Waals surface area contributed by atoms with Gasteiger partial charge in [-0.1, -0.05) is 12.1 Å². The minimum Gasteiger partial charge on any atom is -0.456 e. The van der Waals surface area contributed by atoms with Gasteiger partial charge in [-0.15, -0.1) is 22.7 Å². The molecule has 5 nitrogen and oxygen atoms in total. The predicted octanol–water partition coefficient (Wildman–Crippen LogP) is 2.74. The van der Waals surface area contributed by atoms with Crippen molar-refractivity contribution < 1.29 is 23.9 Å². The summed E-state index contributed by atoms with van der Waals surface area (Å²) in [6.07, 6.45) is 2.10. The molecule has 2 aromatic heterocycles. The molecule has 0 spiro atoms. The van der Waals surface area contributed by atoms with Gasteiger partial charge in [-0.3, -0.25) is 0 Å². The van der Waals surface area contributed by atoms with E-state index in [0.29, 0.717) is 34.0 Å². The summed E-state index contributed by atoms with van der Waals surface area (Å²) in [6.45, 7) is 2.01. The van der Waals surface area contributed by atoms with Crippen LogP contribution < -0.4 is 0 Å². The molecule has 3 saturated heterocycles. The van der Waals surface area contributed by atoms with Crippen LogP contribution in [0.15, 0.2) is 35.0 Å². The van der Waals surface area contributed by atoms with E-state index < -0.39 is 17.2 Å². The minimum absolute atomic E-state index is 0.291. The second kappa shape index (κ2) is 5.64. The molecule has 0 saturated carbocycles. The van der Waals surface area contributed by atoms with Gasteiger partial charge in [0.1, 0.15) is 29.9 Å². The summed E-state index contributed by atoms with van der Waals surface area (Å²) in [5.41, 5.74) is -2.33. The second-order valence-electron chi connectivity index (χ2n) is 8.74. The topological polar surface area (TPSA) is 59.1 Å². The lowest BCUT2D eigenvalue weighted by Gasteiger charge is -2.49. The molecule has 144 valence electrons. The van der Waals surface area contributed by atoms with Crippen molar-refractivity contribution in [1.29, 1.82) is 0 Å². The van der Waals surface area contributed by atoms with Crippen LogP contribution in [0.5, 0.6) is 0 Å². The van der Waals surface area contributed by atoms with Gasteiger partial charge in [0.25, 0.3) is 0 Å². The number of carbonyl (C=O) groups excluding carboxylic acids is 1. The van der Waals surface area contributed by atoms with E-state index in [0.717, 1.165) is 17.3 Å². The van der Waals surface area contributed by atoms with Crippen molar-refractivity contribution in [1.82, 2.24) is 0 Å². The fourth-order valence-corrected chi connectivity index (χ4v) is 6.82. The number of piperidine rings is 1. The Labute approximate surface area is 166 Å². The first-order chi connectivity index (χ1) is 12.8. The standard InChI is InChI=1S/C20H24NO4S2/c1-19(10-12-16-17(24-16)13(11-19)21(12,2)3)25-18(22)20(23,14-6-4-8-26-14)15-7-5-9-27-15/h4-9,12-13,16-17,23H,10-11H2,1-3H3/q+1/t12-,13?,16+,17?,19?/m0/s1. The van der Waals surface area contributed by atoms with Gasteiger partial charge in [-0.25, -0.2) is 4.79 Å². The molecule has 3 fully saturated rings. The van der Waals surface area contributed by atoms with Gasteiger partial charge >= 0.3 is 5.97 Å². The summed E-state index contributed by atoms with van der Waals surface area (Å²) < 4.78 is 12.9. The zero-order valence-corrected chi connectivity index (χ0v) is 17.3. The maximum Gasteiger partial charge on any atom is 0.349 e. The van der Waals surface area contributed by atoms with Gasteiger partial charge in [-0.2, -0.15) is 0 Å². The van der Waals surface area contributed by atoms with Gasteiger partial charge in [0.15, 0.2) is 0 Å². The molecule has 0 radical (unpaired) electrons. The smallest absolute Gasteiger partial charge is 0.349 e. The highest BCUT2D eigenvalue weighted by Gasteiger charge is 2.73. The number of rotatable bonds is 4. The molecule has 5 heterocycles. The fourth-order valence-electron chi connectivity index (χ4n) is 5.10. The van der Waals surface area contributed by atoms with Gasteiger partial charge in [0.2, 0.25) is 5.60 Å². The number of hydrogen-bond acceptors (Lipinski definition) is 6. The first-order valence-corrected chi connectivity index (χ1v) is 11.0. The highest BCUT2D eigenvalue weighted by Crippen LogP contribution is 2.55. The van der Waals surface area contributed by atoms with Crippen molar-refractivity contribution in [2.45, 2.75) is 55.3 Å². The Morgan fingerprint density at radius 1 is 1.19 bits per heavy atom. The molecule has 0 aliphatic carbocycles. The van der Waals surface area contributed by atoms with Crippen LogP contribution in [0.1, 0.15) is 29.5 Å². The normalized spacial score (nSPS) is 36.3. The molecule has 2 bridgehead atoms. The number of fused-ring (bicyclic) bond motifs is 5. The number of esters is 1. The lowest BCUT2D eigenvalue weighted by atomic mass is 9.85. The molecule has 2 aromatic rings. The summed E-state index contributed by atoms with van der Waals surface area (Å²) >= 11 is 2.74. The number of morpholine rings is 1. The third-order valence-electron chi connectivity index (χ3n) is 6.70. The number of aliphatic hydroxyl groups is 1. The third-order valence-corrected chi connectivity index (χ3v) is 8.66. The molecule has 5 atom stereocenters. The van der Waals surface area contributed by atoms with Crippen LogP contribution in [0.4, 0.5) is 0 Å². The molecule has 5 rings (SSSR count). The number of quaternary nitrogens is 1. The van der Waals surface area contributed by atoms with E-state index in [1.165, 1.54) is 22.7 Å². The predicted molar refractivity (Wildman–Crippen MR) is 104 cm³/mol. The van der Waals surface area contributed by atoms with Gasteiger partial charge in [0, 0.05) is 12.8 Å². The van der Waals surface area contributed by atoms with Crippen molar-refractivity contribution in [3.63, 3.8) is 0 Å². The average molecular weight is 407 g/mol. The van der Waals surface area contributed by atoms with Crippen molar-refractivity contribution in [2.24, 2.45) is 0 Å². The summed E-state index contributed by atoms with van der Waals surface area (Å²) in [6, 6.07) is 7.95. The first kappa shape index (κ1) is 17.8. The van der Waals surface area contributed by atoms with E-state index in [1.807, 2.05) is 29.8 Å². The maximum atomic E-state index is 13.3. The van der Waals surface area contributed by atoms with Gasteiger partial charge < -0.3 is 19.1 Å². The molecule has 3 aliphatic heterocycles. The van der Waals surface area contributed by atoms with Crippen LogP contribution in [-0.4, -0.2) is 59.5 Å². The quantitative estimate of drug-likeness (QED) is 0.482. The number of carbonyl (C=O) groups is 1. The van der Waals surface area contributed by atoms with Crippen LogP contribution in [0.3, 0.4) is 0 Å². The maximum absolute atomic E-state index is 13.3. The van der Waals surface area contributed by atoms with E-state index in [4.69, 9.17) is 9.47 Å². The Morgan fingerprint density at radius 3 is 2.15 bits per heavy atom. The third kappa shape index (κ3) is 2.49. The number of thiophene rings is 2. The Balaban J connectivity index is 1.44. The average Bonchev–Trinajstić information content (AvgIpc) is 3.00. The van der Waals surface area contributed by atoms with Crippen LogP contribution in [0.25, 0.3) is 0 Å². The summed E-state index contributed by atoms with van der Waals surface area (Å²) in [4.78, 5) is 14.5. The van der Waals surface area contributed by atoms with Crippen LogP contribution in [-0.2, 0) is 19.9 Å². The Kier molecular flexibility index (Phi) is 3.72. The summed E-state index contributed by atoms with van der Waals surface area (Å²) in [5.74, 6) is -0.573. The highest BCUT2D eigenvalue weighted by molar-refractivity contribution is 7.12. The Morgan fingerprint density at radius 2 is 1.70 bits per heavy atom. The SMILES string of the molecule is CC1(OC(=O)C(O)(c2cccs2)c2cccs2)CC2C3O[C@@H]3[C@H](C1)[N+]2(C)C. The summed E-state index contributed by atoms with van der Waals surface area (Å²) in [7, 11) is 4.50. The Hall–Kier alpha value is -1.25. The molecule has 3 unspecified atom stereocenters. The lowest BCUT2D eigenvalue weighted by molar-refractivity contribution is -0.939. The monoisotopic (exact) mass is 406 g/mol. The minimum atomic E-state index is -1.74. The van der Waals surface area contributed by atoms with Crippen molar-refractivity contribution in [2.75, 3.05) is 14.1 Å². The van der Waals surface area contributed by atoms with E-state index in [1.54, 1.807) is 12.1 Å². The first-order valence-electron chi connectivity index (χ1n) is 9.28. The fraction of sp³-hybridized carbons (Fsp3) is 0.550. The molecule has 0 amide bonds. The molecule has 1 N–H and O–H groups in total. The number of hydrogen-bond donors (Lipinski definition) is 1. The molecular formula is C20H24NO4S2+. The van der Waals surface area contributed by atoms with Crippen molar-refractivity contribution in [3.05, 3.63) is 44.8 Å². The number of likely N-dealkylation sites (N-methyl/N-ethyl adjacent to an activating group) is 1. The Bertz CT molecular complexity index is 806. The van der Waals surface area contributed by atoms with Gasteiger partial charge in [-0.05, 0) is 29.8 Å². The molecule has 7 heteroatoms. The molecule has 27 heavy (non-hydrogen) atoms. The highest BCUT2D eigenvalue weighted by atomic mass is 32.1. The van der Waals surface area contributed by atoms with E-state index in [2.05, 4.69) is 14.1 Å². The van der Waals surface area contributed by atoms with Crippen molar-refractivity contribution in [3.8, 4) is 0 Å². The summed E-state index contributed by atoms with van der Waals surface area (Å²) in [5, 5.41) is 15.2. The van der Waals surface area contributed by atoms with Crippen LogP contribution in [0.2, 0.25) is 0 Å². The zero-order chi connectivity index (χ0) is 19.0. The van der Waals surface area contributed by atoms with E-state index >= 15 is 0 Å². The molecular weight excluding hydrogens is 382 g/mol. The largest absolute Gasteiger partial charge is 0.456 e. The number of ether oxygens (including phenoxy) is 2. The van der Waals surface area contributed by atoms with Crippen LogP contribution in [0, 0.1) is 0 Å². The molecule has 3 aliphatic rings. The van der Waals surface area contributed by atoms with E-state index in [9.17, 15) is 9.90 Å². The van der Waals surface area contributed by atoms with Gasteiger partial charge in [0.05, 0.1) is 23.8 Å². The zero-order valence-electron chi connectivity index (χ0n) is 15.6. The molecule has 0 aromatic carbocycles. The lowest BCUT2D eigenvalue weighted by Crippen LogP contribution is -2.63. The van der Waals surface area contributed by atoms with Crippen LogP contribution >= 0.6 is 22.7 Å². The number of epoxide rings is 1. The number of nitrogens with zero attached hydrogens (tertiary/aromatic N) is 1. The van der Waals surface area contributed by atoms with Crippen molar-refractivity contribution >= 4 is 28.6 Å². The van der Waals surface area contributed by atoms with E-state index in [-0.39, 0.29) is 0 Å². The second-order valence-corrected chi connectivity index (χ2v) is 10.6.